The van der Waals surface area contributed by atoms with Gasteiger partial charge < -0.3 is 9.47 Å². The average molecular weight is 305 g/mol. The Morgan fingerprint density at radius 1 is 1.29 bits per heavy atom. The van der Waals surface area contributed by atoms with E-state index in [-0.39, 0.29) is 5.91 Å². The molecule has 0 radical (unpaired) electrons. The summed E-state index contributed by atoms with van der Waals surface area (Å²) >= 11 is 1.32. The molecule has 7 heteroatoms. The van der Waals surface area contributed by atoms with Crippen LogP contribution >= 0.6 is 11.3 Å². The van der Waals surface area contributed by atoms with Gasteiger partial charge in [-0.3, -0.25) is 10.1 Å². The van der Waals surface area contributed by atoms with E-state index >= 15 is 0 Å². The second-order valence-corrected chi connectivity index (χ2v) is 5.24. The van der Waals surface area contributed by atoms with E-state index in [2.05, 4.69) is 15.5 Å². The molecular weight excluding hydrogens is 290 g/mol. The maximum Gasteiger partial charge on any atom is 0.250 e. The van der Waals surface area contributed by atoms with Gasteiger partial charge in [0.2, 0.25) is 11.0 Å². The van der Waals surface area contributed by atoms with Gasteiger partial charge in [0.1, 0.15) is 16.5 Å². The van der Waals surface area contributed by atoms with Crippen molar-refractivity contribution in [2.24, 2.45) is 0 Å². The zero-order valence-electron chi connectivity index (χ0n) is 11.9. The van der Waals surface area contributed by atoms with Gasteiger partial charge in [0.25, 0.3) is 0 Å². The lowest BCUT2D eigenvalue weighted by molar-refractivity contribution is -0.111. The number of carbonyl (C=O) groups excluding carboxylic acids is 1. The van der Waals surface area contributed by atoms with E-state index in [9.17, 15) is 4.79 Å². The number of carbonyl (C=O) groups is 1. The summed E-state index contributed by atoms with van der Waals surface area (Å²) in [5, 5.41) is 11.6. The maximum absolute atomic E-state index is 11.8. The van der Waals surface area contributed by atoms with Crippen molar-refractivity contribution in [1.29, 1.82) is 0 Å². The molecule has 21 heavy (non-hydrogen) atoms. The maximum atomic E-state index is 11.8. The van der Waals surface area contributed by atoms with Crippen LogP contribution in [0.4, 0.5) is 5.13 Å². The molecule has 0 saturated heterocycles. The number of hydrogen-bond acceptors (Lipinski definition) is 6. The quantitative estimate of drug-likeness (QED) is 0.859. The van der Waals surface area contributed by atoms with E-state index in [1.54, 1.807) is 38.5 Å². The topological polar surface area (TPSA) is 73.3 Å². The Hall–Kier alpha value is -2.41. The average Bonchev–Trinajstić information content (AvgIpc) is 2.89. The second-order valence-electron chi connectivity index (χ2n) is 4.06. The number of anilines is 1. The van der Waals surface area contributed by atoms with Crippen LogP contribution in [0.1, 0.15) is 10.6 Å². The van der Waals surface area contributed by atoms with Crippen LogP contribution in [0.5, 0.6) is 11.5 Å². The number of ether oxygens (including phenoxy) is 2. The Labute approximate surface area is 126 Å². The summed E-state index contributed by atoms with van der Waals surface area (Å²) in [7, 11) is 3.16. The summed E-state index contributed by atoms with van der Waals surface area (Å²) in [6, 6.07) is 5.36. The minimum Gasteiger partial charge on any atom is -0.497 e. The number of amides is 1. The standard InChI is InChI=1S/C14H15N3O3S/c1-9-16-17-14(21-9)15-13(18)7-4-10-8-11(19-2)5-6-12(10)20-3/h4-8H,1-3H3,(H,15,17,18)/b7-4+. The summed E-state index contributed by atoms with van der Waals surface area (Å²) in [5.41, 5.74) is 0.750. The fourth-order valence-corrected chi connectivity index (χ4v) is 2.22. The van der Waals surface area contributed by atoms with Gasteiger partial charge >= 0.3 is 0 Å². The third kappa shape index (κ3) is 4.03. The van der Waals surface area contributed by atoms with Gasteiger partial charge in [0.05, 0.1) is 14.2 Å². The molecule has 2 aromatic rings. The lowest BCUT2D eigenvalue weighted by Gasteiger charge is -2.07. The molecule has 0 unspecified atom stereocenters. The molecule has 2 rings (SSSR count). The van der Waals surface area contributed by atoms with Gasteiger partial charge in [0, 0.05) is 11.6 Å². The van der Waals surface area contributed by atoms with Crippen molar-refractivity contribution in [3.8, 4) is 11.5 Å². The molecule has 0 atom stereocenters. The van der Waals surface area contributed by atoms with Crippen LogP contribution in [0.3, 0.4) is 0 Å². The lowest BCUT2D eigenvalue weighted by Crippen LogP contribution is -2.07. The van der Waals surface area contributed by atoms with Crippen LogP contribution in [0.15, 0.2) is 24.3 Å². The van der Waals surface area contributed by atoms with Crippen molar-refractivity contribution in [2.75, 3.05) is 19.5 Å². The molecule has 1 heterocycles. The minimum absolute atomic E-state index is 0.281. The number of benzene rings is 1. The Morgan fingerprint density at radius 3 is 2.71 bits per heavy atom. The normalized spacial score (nSPS) is 10.6. The van der Waals surface area contributed by atoms with Crippen LogP contribution in [0.2, 0.25) is 0 Å². The third-order valence-corrected chi connectivity index (χ3v) is 3.36. The van der Waals surface area contributed by atoms with Crippen LogP contribution in [-0.4, -0.2) is 30.3 Å². The summed E-state index contributed by atoms with van der Waals surface area (Å²) in [6.45, 7) is 1.82. The second kappa shape index (κ2) is 6.85. The summed E-state index contributed by atoms with van der Waals surface area (Å²) < 4.78 is 10.4. The Kier molecular flexibility index (Phi) is 4.89. The first kappa shape index (κ1) is 15.0. The summed E-state index contributed by atoms with van der Waals surface area (Å²) in [6.07, 6.45) is 3.07. The number of nitrogens with one attached hydrogen (secondary N) is 1. The molecule has 0 fully saturated rings. The molecular formula is C14H15N3O3S. The van der Waals surface area contributed by atoms with E-state index in [1.165, 1.54) is 17.4 Å². The third-order valence-electron chi connectivity index (χ3n) is 2.61. The van der Waals surface area contributed by atoms with Crippen LogP contribution < -0.4 is 14.8 Å². The highest BCUT2D eigenvalue weighted by Gasteiger charge is 2.05. The highest BCUT2D eigenvalue weighted by atomic mass is 32.1. The van der Waals surface area contributed by atoms with Gasteiger partial charge in [-0.2, -0.15) is 0 Å². The smallest absolute Gasteiger partial charge is 0.250 e. The van der Waals surface area contributed by atoms with Crippen molar-refractivity contribution in [3.05, 3.63) is 34.8 Å². The molecule has 1 aromatic heterocycles. The van der Waals surface area contributed by atoms with Gasteiger partial charge in [-0.15, -0.1) is 10.2 Å². The number of nitrogens with zero attached hydrogens (tertiary/aromatic N) is 2. The van der Waals surface area contributed by atoms with Crippen LogP contribution in [0, 0.1) is 6.92 Å². The van der Waals surface area contributed by atoms with Crippen molar-refractivity contribution in [3.63, 3.8) is 0 Å². The van der Waals surface area contributed by atoms with E-state index in [1.807, 2.05) is 6.92 Å². The molecule has 0 aliphatic rings. The predicted octanol–water partition coefficient (Wildman–Crippen LogP) is 2.52. The number of methoxy groups -OCH3 is 2. The molecule has 0 saturated carbocycles. The van der Waals surface area contributed by atoms with Crippen molar-refractivity contribution in [1.82, 2.24) is 10.2 Å². The molecule has 0 bridgehead atoms. The number of hydrogen-bond donors (Lipinski definition) is 1. The number of rotatable bonds is 5. The number of aryl methyl sites for hydroxylation is 1. The Bertz CT molecular complexity index is 667. The lowest BCUT2D eigenvalue weighted by atomic mass is 10.1. The van der Waals surface area contributed by atoms with Crippen LogP contribution in [-0.2, 0) is 4.79 Å². The molecule has 1 N–H and O–H groups in total. The zero-order chi connectivity index (χ0) is 15.2. The first-order valence-corrected chi connectivity index (χ1v) is 6.95. The Balaban J connectivity index is 2.10. The van der Waals surface area contributed by atoms with Gasteiger partial charge in [-0.05, 0) is 31.2 Å². The minimum atomic E-state index is -0.281. The highest BCUT2D eigenvalue weighted by Crippen LogP contribution is 2.25. The van der Waals surface area contributed by atoms with Crippen molar-refractivity contribution in [2.45, 2.75) is 6.92 Å². The predicted molar refractivity (Wildman–Crippen MR) is 81.9 cm³/mol. The first-order chi connectivity index (χ1) is 10.1. The van der Waals surface area contributed by atoms with E-state index < -0.39 is 0 Å². The Morgan fingerprint density at radius 2 is 2.10 bits per heavy atom. The molecule has 0 aliphatic heterocycles. The molecule has 110 valence electrons. The zero-order valence-corrected chi connectivity index (χ0v) is 12.7. The summed E-state index contributed by atoms with van der Waals surface area (Å²) in [5.74, 6) is 1.07. The molecule has 1 amide bonds. The van der Waals surface area contributed by atoms with Crippen molar-refractivity contribution >= 4 is 28.5 Å². The van der Waals surface area contributed by atoms with E-state index in [0.717, 1.165) is 10.6 Å². The first-order valence-electron chi connectivity index (χ1n) is 6.13. The molecule has 1 aromatic carbocycles. The van der Waals surface area contributed by atoms with Gasteiger partial charge in [-0.1, -0.05) is 11.3 Å². The van der Waals surface area contributed by atoms with Gasteiger partial charge in [-0.25, -0.2) is 0 Å². The van der Waals surface area contributed by atoms with Crippen molar-refractivity contribution < 1.29 is 14.3 Å². The molecule has 6 nitrogen and oxygen atoms in total. The molecule has 0 aliphatic carbocycles. The largest absolute Gasteiger partial charge is 0.497 e. The van der Waals surface area contributed by atoms with E-state index in [0.29, 0.717) is 16.6 Å². The number of aromatic nitrogens is 2. The van der Waals surface area contributed by atoms with Crippen LogP contribution in [0.25, 0.3) is 6.08 Å². The highest BCUT2D eigenvalue weighted by molar-refractivity contribution is 7.15. The SMILES string of the molecule is COc1ccc(OC)c(/C=C/C(=O)Nc2nnc(C)s2)c1. The fraction of sp³-hybridized carbons (Fsp3) is 0.214. The molecule has 0 spiro atoms. The fourth-order valence-electron chi connectivity index (χ4n) is 1.63. The monoisotopic (exact) mass is 305 g/mol. The van der Waals surface area contributed by atoms with Gasteiger partial charge in [0.15, 0.2) is 0 Å². The van der Waals surface area contributed by atoms with E-state index in [4.69, 9.17) is 9.47 Å². The summed E-state index contributed by atoms with van der Waals surface area (Å²) in [4.78, 5) is 11.8.